The molecule has 2 atom stereocenters. The standard InChI is InChI=1S/C19H28N6O/c1-24(19(26)10-6-12-25-15-20-14-21-25)11-5-9-17-13-18(23-22-17)16-7-3-2-4-8-16/h2-4,7-8,14-15,17-18,22-23H,5-6,9-13H2,1H3. The average Bonchev–Trinajstić information content (AvgIpc) is 3.34. The zero-order chi connectivity index (χ0) is 18.2. The lowest BCUT2D eigenvalue weighted by atomic mass is 10.00. The third-order valence-corrected chi connectivity index (χ3v) is 4.90. The van der Waals surface area contributed by atoms with E-state index in [1.54, 1.807) is 11.0 Å². The first-order chi connectivity index (χ1) is 12.7. The monoisotopic (exact) mass is 356 g/mol. The van der Waals surface area contributed by atoms with Crippen molar-refractivity contribution in [2.75, 3.05) is 13.6 Å². The fraction of sp³-hybridized carbons (Fsp3) is 0.526. The molecule has 1 aromatic carbocycles. The highest BCUT2D eigenvalue weighted by Crippen LogP contribution is 2.23. The Labute approximate surface area is 154 Å². The van der Waals surface area contributed by atoms with Crippen molar-refractivity contribution in [3.63, 3.8) is 0 Å². The van der Waals surface area contributed by atoms with Crippen LogP contribution >= 0.6 is 0 Å². The van der Waals surface area contributed by atoms with Crippen molar-refractivity contribution >= 4 is 5.91 Å². The molecule has 140 valence electrons. The Hall–Kier alpha value is -2.25. The molecule has 1 aromatic heterocycles. The highest BCUT2D eigenvalue weighted by atomic mass is 16.2. The summed E-state index contributed by atoms with van der Waals surface area (Å²) in [5.41, 5.74) is 8.09. The Morgan fingerprint density at radius 1 is 1.27 bits per heavy atom. The molecule has 1 aliphatic rings. The first kappa shape index (κ1) is 18.5. The number of amides is 1. The SMILES string of the molecule is CN(CCCC1CC(c2ccccc2)NN1)C(=O)CCCn1cncn1. The first-order valence-corrected chi connectivity index (χ1v) is 9.35. The maximum atomic E-state index is 12.2. The van der Waals surface area contributed by atoms with Gasteiger partial charge in [0.05, 0.1) is 0 Å². The molecule has 7 heteroatoms. The second kappa shape index (κ2) is 9.45. The summed E-state index contributed by atoms with van der Waals surface area (Å²) in [7, 11) is 1.89. The van der Waals surface area contributed by atoms with E-state index in [4.69, 9.17) is 0 Å². The molecular formula is C19H28N6O. The molecule has 1 saturated heterocycles. The van der Waals surface area contributed by atoms with Crippen LogP contribution in [0.25, 0.3) is 0 Å². The molecule has 7 nitrogen and oxygen atoms in total. The molecule has 0 radical (unpaired) electrons. The molecule has 26 heavy (non-hydrogen) atoms. The van der Waals surface area contributed by atoms with Gasteiger partial charge in [0, 0.05) is 38.6 Å². The number of carbonyl (C=O) groups is 1. The van der Waals surface area contributed by atoms with E-state index in [9.17, 15) is 4.79 Å². The van der Waals surface area contributed by atoms with Crippen molar-refractivity contribution in [2.45, 2.75) is 50.7 Å². The summed E-state index contributed by atoms with van der Waals surface area (Å²) in [6.45, 7) is 1.54. The summed E-state index contributed by atoms with van der Waals surface area (Å²) < 4.78 is 1.76. The van der Waals surface area contributed by atoms with Crippen LogP contribution in [0.5, 0.6) is 0 Å². The zero-order valence-electron chi connectivity index (χ0n) is 15.3. The Kier molecular flexibility index (Phi) is 6.74. The number of hydrogen-bond acceptors (Lipinski definition) is 5. The molecule has 2 unspecified atom stereocenters. The number of aromatic nitrogens is 3. The average molecular weight is 356 g/mol. The Bertz CT molecular complexity index is 660. The number of nitrogens with one attached hydrogen (secondary N) is 2. The van der Waals surface area contributed by atoms with Crippen LogP contribution in [-0.2, 0) is 11.3 Å². The van der Waals surface area contributed by atoms with Crippen LogP contribution in [0.15, 0.2) is 43.0 Å². The van der Waals surface area contributed by atoms with Crippen molar-refractivity contribution in [1.82, 2.24) is 30.5 Å². The van der Waals surface area contributed by atoms with E-state index in [0.29, 0.717) is 18.5 Å². The fourth-order valence-corrected chi connectivity index (χ4v) is 3.35. The molecule has 2 N–H and O–H groups in total. The van der Waals surface area contributed by atoms with E-state index in [1.807, 2.05) is 18.0 Å². The van der Waals surface area contributed by atoms with Crippen molar-refractivity contribution < 1.29 is 4.79 Å². The van der Waals surface area contributed by atoms with Crippen LogP contribution < -0.4 is 10.9 Å². The lowest BCUT2D eigenvalue weighted by Gasteiger charge is -2.18. The number of benzene rings is 1. The number of rotatable bonds is 9. The summed E-state index contributed by atoms with van der Waals surface area (Å²) in [6, 6.07) is 11.3. The molecule has 1 aliphatic heterocycles. The molecule has 0 bridgehead atoms. The quantitative estimate of drug-likeness (QED) is 0.718. The van der Waals surface area contributed by atoms with Crippen LogP contribution in [0.3, 0.4) is 0 Å². The maximum Gasteiger partial charge on any atom is 0.222 e. The van der Waals surface area contributed by atoms with Gasteiger partial charge in [-0.3, -0.25) is 20.3 Å². The molecule has 2 aromatic rings. The van der Waals surface area contributed by atoms with Gasteiger partial charge in [-0.15, -0.1) is 0 Å². The number of hydrazine groups is 1. The van der Waals surface area contributed by atoms with Gasteiger partial charge in [0.1, 0.15) is 12.7 Å². The second-order valence-electron chi connectivity index (χ2n) is 6.90. The minimum atomic E-state index is 0.199. The number of aryl methyl sites for hydroxylation is 1. The van der Waals surface area contributed by atoms with Gasteiger partial charge in [-0.25, -0.2) is 4.98 Å². The number of nitrogens with zero attached hydrogens (tertiary/aromatic N) is 4. The van der Waals surface area contributed by atoms with Gasteiger partial charge >= 0.3 is 0 Å². The van der Waals surface area contributed by atoms with Gasteiger partial charge in [0.15, 0.2) is 0 Å². The highest BCUT2D eigenvalue weighted by Gasteiger charge is 2.24. The Balaban J connectivity index is 1.30. The minimum absolute atomic E-state index is 0.199. The molecule has 3 rings (SSSR count). The van der Waals surface area contributed by atoms with Gasteiger partial charge < -0.3 is 4.90 Å². The lowest BCUT2D eigenvalue weighted by Crippen LogP contribution is -2.32. The topological polar surface area (TPSA) is 75.1 Å². The van der Waals surface area contributed by atoms with Crippen molar-refractivity contribution in [2.24, 2.45) is 0 Å². The zero-order valence-corrected chi connectivity index (χ0v) is 15.3. The lowest BCUT2D eigenvalue weighted by molar-refractivity contribution is -0.130. The first-order valence-electron chi connectivity index (χ1n) is 9.35. The van der Waals surface area contributed by atoms with Crippen LogP contribution in [0.4, 0.5) is 0 Å². The van der Waals surface area contributed by atoms with Gasteiger partial charge in [0.2, 0.25) is 5.91 Å². The maximum absolute atomic E-state index is 12.2. The summed E-state index contributed by atoms with van der Waals surface area (Å²) in [4.78, 5) is 17.9. The second-order valence-corrected chi connectivity index (χ2v) is 6.90. The summed E-state index contributed by atoms with van der Waals surface area (Å²) >= 11 is 0. The van der Waals surface area contributed by atoms with E-state index in [1.165, 1.54) is 11.9 Å². The van der Waals surface area contributed by atoms with Crippen LogP contribution in [0.1, 0.15) is 43.7 Å². The predicted octanol–water partition coefficient (Wildman–Crippen LogP) is 1.90. The third-order valence-electron chi connectivity index (χ3n) is 4.90. The smallest absolute Gasteiger partial charge is 0.222 e. The van der Waals surface area contributed by atoms with E-state index in [0.717, 1.165) is 38.8 Å². The Morgan fingerprint density at radius 2 is 2.12 bits per heavy atom. The van der Waals surface area contributed by atoms with Gasteiger partial charge in [0.25, 0.3) is 0 Å². The minimum Gasteiger partial charge on any atom is -0.346 e. The molecular weight excluding hydrogens is 328 g/mol. The van der Waals surface area contributed by atoms with Crippen molar-refractivity contribution in [3.8, 4) is 0 Å². The molecule has 0 aliphatic carbocycles. The molecule has 1 amide bonds. The van der Waals surface area contributed by atoms with Crippen LogP contribution in [0, 0.1) is 0 Å². The molecule has 0 saturated carbocycles. The fourth-order valence-electron chi connectivity index (χ4n) is 3.35. The van der Waals surface area contributed by atoms with Gasteiger partial charge in [-0.1, -0.05) is 30.3 Å². The third kappa shape index (κ3) is 5.37. The van der Waals surface area contributed by atoms with Gasteiger partial charge in [-0.05, 0) is 31.2 Å². The number of hydrogen-bond donors (Lipinski definition) is 2. The summed E-state index contributed by atoms with van der Waals surface area (Å²) in [5.74, 6) is 0.199. The van der Waals surface area contributed by atoms with Crippen LogP contribution in [0.2, 0.25) is 0 Å². The molecule has 1 fully saturated rings. The largest absolute Gasteiger partial charge is 0.346 e. The van der Waals surface area contributed by atoms with Crippen LogP contribution in [-0.4, -0.2) is 45.2 Å². The van der Waals surface area contributed by atoms with E-state index in [2.05, 4.69) is 45.2 Å². The van der Waals surface area contributed by atoms with E-state index < -0.39 is 0 Å². The molecule has 0 spiro atoms. The Morgan fingerprint density at radius 3 is 2.88 bits per heavy atom. The van der Waals surface area contributed by atoms with Crippen molar-refractivity contribution in [1.29, 1.82) is 0 Å². The predicted molar refractivity (Wildman–Crippen MR) is 100.0 cm³/mol. The van der Waals surface area contributed by atoms with E-state index >= 15 is 0 Å². The summed E-state index contributed by atoms with van der Waals surface area (Å²) in [6.07, 6.45) is 7.69. The van der Waals surface area contributed by atoms with Gasteiger partial charge in [-0.2, -0.15) is 5.10 Å². The van der Waals surface area contributed by atoms with E-state index in [-0.39, 0.29) is 5.91 Å². The molecule has 2 heterocycles. The van der Waals surface area contributed by atoms with Crippen molar-refractivity contribution in [3.05, 3.63) is 48.5 Å². The normalized spacial score (nSPS) is 19.6. The number of carbonyl (C=O) groups excluding carboxylic acids is 1. The summed E-state index contributed by atoms with van der Waals surface area (Å²) in [5, 5.41) is 4.05. The highest BCUT2D eigenvalue weighted by molar-refractivity contribution is 5.75.